The van der Waals surface area contributed by atoms with Crippen molar-refractivity contribution < 1.29 is 14.3 Å². The molecule has 1 rings (SSSR count). The van der Waals surface area contributed by atoms with Gasteiger partial charge in [-0.3, -0.25) is 9.59 Å². The van der Waals surface area contributed by atoms with Crippen LogP contribution in [-0.4, -0.2) is 23.3 Å². The smallest absolute Gasteiger partial charge is 0.302 e. The molecule has 5 heteroatoms. The molecule has 0 fully saturated rings. The Hall–Kier alpha value is -1.49. The molecule has 1 aromatic heterocycles. The molecule has 0 saturated carbocycles. The fourth-order valence-electron chi connectivity index (χ4n) is 0.879. The highest BCUT2D eigenvalue weighted by molar-refractivity contribution is 7.10. The molecule has 0 aromatic carbocycles. The maximum Gasteiger partial charge on any atom is 0.302 e. The quantitative estimate of drug-likeness (QED) is 0.578. The highest BCUT2D eigenvalue weighted by atomic mass is 32.1. The lowest BCUT2D eigenvalue weighted by atomic mass is 10.2. The first-order chi connectivity index (χ1) is 7.09. The predicted molar refractivity (Wildman–Crippen MR) is 57.4 cm³/mol. The second kappa shape index (κ2) is 5.41. The molecule has 0 unspecified atom stereocenters. The second-order valence-electron chi connectivity index (χ2n) is 2.88. The third-order valence-electron chi connectivity index (χ3n) is 1.63. The van der Waals surface area contributed by atoms with Gasteiger partial charge in [-0.2, -0.15) is 0 Å². The van der Waals surface area contributed by atoms with E-state index in [0.717, 1.165) is 5.01 Å². The van der Waals surface area contributed by atoms with Gasteiger partial charge in [0.2, 0.25) is 0 Å². The van der Waals surface area contributed by atoms with E-state index in [-0.39, 0.29) is 12.4 Å². The van der Waals surface area contributed by atoms with E-state index in [9.17, 15) is 9.59 Å². The lowest BCUT2D eigenvalue weighted by molar-refractivity contribution is -0.140. The van der Waals surface area contributed by atoms with E-state index < -0.39 is 5.97 Å². The first-order valence-electron chi connectivity index (χ1n) is 4.34. The van der Waals surface area contributed by atoms with Gasteiger partial charge >= 0.3 is 5.97 Å². The van der Waals surface area contributed by atoms with Crippen molar-refractivity contribution in [1.82, 2.24) is 4.98 Å². The summed E-state index contributed by atoms with van der Waals surface area (Å²) in [7, 11) is 0. The van der Waals surface area contributed by atoms with Gasteiger partial charge in [0.15, 0.2) is 5.78 Å². The maximum absolute atomic E-state index is 11.2. The first-order valence-corrected chi connectivity index (χ1v) is 5.22. The second-order valence-corrected chi connectivity index (χ2v) is 3.80. The van der Waals surface area contributed by atoms with Crippen LogP contribution in [-0.2, 0) is 14.3 Å². The number of Topliss-reactive ketones (excluding diaryl/α,β-unsaturated/α-hetero) is 1. The van der Waals surface area contributed by atoms with Crippen molar-refractivity contribution in [2.75, 3.05) is 6.61 Å². The number of hydrogen-bond donors (Lipinski definition) is 0. The van der Waals surface area contributed by atoms with Crippen molar-refractivity contribution in [2.24, 2.45) is 0 Å². The van der Waals surface area contributed by atoms with Gasteiger partial charge in [0, 0.05) is 24.1 Å². The van der Waals surface area contributed by atoms with Crippen molar-refractivity contribution >= 4 is 29.2 Å². The molecule has 4 nitrogen and oxygen atoms in total. The van der Waals surface area contributed by atoms with Crippen LogP contribution in [0.15, 0.2) is 17.2 Å². The Labute approximate surface area is 91.6 Å². The Morgan fingerprint density at radius 3 is 2.73 bits per heavy atom. The fraction of sp³-hybridized carbons (Fsp3) is 0.300. The van der Waals surface area contributed by atoms with Crippen LogP contribution in [0.25, 0.3) is 6.08 Å². The minimum absolute atomic E-state index is 0.00421. The molecule has 0 aliphatic carbocycles. The topological polar surface area (TPSA) is 56.3 Å². The Bertz CT molecular complexity index is 381. The van der Waals surface area contributed by atoms with Gasteiger partial charge in [-0.15, -0.1) is 11.3 Å². The number of hydrogen-bond acceptors (Lipinski definition) is 5. The SMILES string of the molecule is CC(=O)OC/C(=C\c1nccs1)C(C)=O. The van der Waals surface area contributed by atoms with Crippen LogP contribution in [0.2, 0.25) is 0 Å². The van der Waals surface area contributed by atoms with Crippen molar-refractivity contribution in [3.63, 3.8) is 0 Å². The van der Waals surface area contributed by atoms with Crippen LogP contribution in [0, 0.1) is 0 Å². The summed E-state index contributed by atoms with van der Waals surface area (Å²) in [5, 5.41) is 2.54. The molecule has 0 saturated heterocycles. The summed E-state index contributed by atoms with van der Waals surface area (Å²) < 4.78 is 4.76. The molecule has 0 N–H and O–H groups in total. The molecular formula is C10H11NO3S. The summed E-state index contributed by atoms with van der Waals surface area (Å²) in [6.45, 7) is 2.74. The molecule has 15 heavy (non-hydrogen) atoms. The maximum atomic E-state index is 11.2. The number of ketones is 1. The number of carbonyl (C=O) groups excluding carboxylic acids is 2. The monoisotopic (exact) mass is 225 g/mol. The summed E-state index contributed by atoms with van der Waals surface area (Å²) in [6, 6.07) is 0. The van der Waals surface area contributed by atoms with E-state index in [4.69, 9.17) is 4.74 Å². The highest BCUT2D eigenvalue weighted by Gasteiger charge is 2.06. The third kappa shape index (κ3) is 4.03. The number of esters is 1. The van der Waals surface area contributed by atoms with Gasteiger partial charge in [0.25, 0.3) is 0 Å². The van der Waals surface area contributed by atoms with Gasteiger partial charge in [-0.25, -0.2) is 4.98 Å². The molecule has 0 spiro atoms. The number of aromatic nitrogens is 1. The van der Waals surface area contributed by atoms with E-state index in [1.165, 1.54) is 25.2 Å². The Kier molecular flexibility index (Phi) is 4.17. The van der Waals surface area contributed by atoms with Crippen molar-refractivity contribution in [3.8, 4) is 0 Å². The molecule has 0 aliphatic heterocycles. The zero-order chi connectivity index (χ0) is 11.3. The summed E-state index contributed by atoms with van der Waals surface area (Å²) in [4.78, 5) is 25.8. The van der Waals surface area contributed by atoms with E-state index in [1.807, 2.05) is 5.38 Å². The van der Waals surface area contributed by atoms with Crippen LogP contribution in [0.5, 0.6) is 0 Å². The Morgan fingerprint density at radius 1 is 1.53 bits per heavy atom. The normalized spacial score (nSPS) is 11.2. The zero-order valence-electron chi connectivity index (χ0n) is 8.52. The zero-order valence-corrected chi connectivity index (χ0v) is 9.34. The number of ether oxygens (including phenoxy) is 1. The summed E-state index contributed by atoms with van der Waals surface area (Å²) in [5.41, 5.74) is 0.445. The standard InChI is InChI=1S/C10H11NO3S/c1-7(12)9(6-14-8(2)13)5-10-11-3-4-15-10/h3-5H,6H2,1-2H3/b9-5+. The van der Waals surface area contributed by atoms with Crippen molar-refractivity contribution in [3.05, 3.63) is 22.2 Å². The lowest BCUT2D eigenvalue weighted by Gasteiger charge is -2.02. The molecule has 0 radical (unpaired) electrons. The van der Waals surface area contributed by atoms with Crippen LogP contribution in [0.3, 0.4) is 0 Å². The summed E-state index contributed by atoms with van der Waals surface area (Å²) in [5.74, 6) is -0.521. The Morgan fingerprint density at radius 2 is 2.27 bits per heavy atom. The van der Waals surface area contributed by atoms with Gasteiger partial charge in [-0.05, 0) is 13.0 Å². The van der Waals surface area contributed by atoms with Gasteiger partial charge in [0.1, 0.15) is 11.6 Å². The number of thiazole rings is 1. The lowest BCUT2D eigenvalue weighted by Crippen LogP contribution is -2.08. The molecule has 80 valence electrons. The molecule has 0 aliphatic rings. The third-order valence-corrected chi connectivity index (χ3v) is 2.35. The molecule has 1 heterocycles. The first kappa shape index (κ1) is 11.6. The highest BCUT2D eigenvalue weighted by Crippen LogP contribution is 2.11. The van der Waals surface area contributed by atoms with E-state index in [0.29, 0.717) is 5.57 Å². The summed E-state index contributed by atoms with van der Waals surface area (Å²) in [6.07, 6.45) is 3.29. The largest absolute Gasteiger partial charge is 0.461 e. The van der Waals surface area contributed by atoms with E-state index >= 15 is 0 Å². The summed E-state index contributed by atoms with van der Waals surface area (Å²) >= 11 is 1.42. The number of nitrogens with zero attached hydrogens (tertiary/aromatic N) is 1. The van der Waals surface area contributed by atoms with Crippen LogP contribution in [0.1, 0.15) is 18.9 Å². The molecule has 0 amide bonds. The van der Waals surface area contributed by atoms with Gasteiger partial charge in [0.05, 0.1) is 0 Å². The molecule has 0 bridgehead atoms. The average molecular weight is 225 g/mol. The van der Waals surface area contributed by atoms with Gasteiger partial charge in [-0.1, -0.05) is 0 Å². The molecule has 1 aromatic rings. The van der Waals surface area contributed by atoms with E-state index in [2.05, 4.69) is 4.98 Å². The number of rotatable bonds is 4. The molecular weight excluding hydrogens is 214 g/mol. The predicted octanol–water partition coefficient (Wildman–Crippen LogP) is 1.68. The minimum atomic E-state index is -0.402. The molecule has 0 atom stereocenters. The average Bonchev–Trinajstić information content (AvgIpc) is 2.63. The van der Waals surface area contributed by atoms with Crippen LogP contribution < -0.4 is 0 Å². The fourth-order valence-corrected chi connectivity index (χ4v) is 1.47. The van der Waals surface area contributed by atoms with E-state index in [1.54, 1.807) is 12.3 Å². The Balaban J connectivity index is 2.74. The van der Waals surface area contributed by atoms with Crippen LogP contribution in [0.4, 0.5) is 0 Å². The number of carbonyl (C=O) groups is 2. The van der Waals surface area contributed by atoms with Crippen molar-refractivity contribution in [1.29, 1.82) is 0 Å². The minimum Gasteiger partial charge on any atom is -0.461 e. The van der Waals surface area contributed by atoms with Crippen LogP contribution >= 0.6 is 11.3 Å². The van der Waals surface area contributed by atoms with Gasteiger partial charge < -0.3 is 4.74 Å². The van der Waals surface area contributed by atoms with Crippen molar-refractivity contribution in [2.45, 2.75) is 13.8 Å².